The summed E-state index contributed by atoms with van der Waals surface area (Å²) in [7, 11) is 3.72. The molecule has 0 atom stereocenters. The predicted molar refractivity (Wildman–Crippen MR) is 106 cm³/mol. The molecule has 2 N–H and O–H groups in total. The molecule has 1 heterocycles. The predicted octanol–water partition coefficient (Wildman–Crippen LogP) is 2.92. The van der Waals surface area contributed by atoms with Crippen LogP contribution in [0.15, 0.2) is 17.2 Å². The van der Waals surface area contributed by atoms with Crippen molar-refractivity contribution < 1.29 is 8.23 Å². The van der Waals surface area contributed by atoms with Gasteiger partial charge in [0.15, 0.2) is 6.29 Å². The number of aldehydes is 1. The maximum absolute atomic E-state index is 11.4. The summed E-state index contributed by atoms with van der Waals surface area (Å²) < 4.78 is 6.97. The lowest BCUT2D eigenvalue weighted by Gasteiger charge is -2.54. The van der Waals surface area contributed by atoms with Crippen LogP contribution in [0, 0.1) is 11.3 Å². The van der Waals surface area contributed by atoms with Crippen molar-refractivity contribution in [3.8, 4) is 0 Å². The van der Waals surface area contributed by atoms with Crippen LogP contribution in [-0.4, -0.2) is 48.1 Å². The normalized spacial score (nSPS) is 18.5. The Morgan fingerprint density at radius 3 is 2.54 bits per heavy atom. The fourth-order valence-corrected chi connectivity index (χ4v) is 3.88. The lowest BCUT2D eigenvalue weighted by Crippen LogP contribution is -2.60. The van der Waals surface area contributed by atoms with E-state index < -0.39 is 0 Å². The molecule has 1 saturated carbocycles. The number of nitrogens with zero attached hydrogens (tertiary/aromatic N) is 2. The molecule has 2 fully saturated rings. The summed E-state index contributed by atoms with van der Waals surface area (Å²) in [6, 6.07) is 3.86. The summed E-state index contributed by atoms with van der Waals surface area (Å²) in [5.41, 5.74) is 3.15. The molecule has 7 heteroatoms. The lowest BCUT2D eigenvalue weighted by molar-refractivity contribution is 0.000874. The Bertz CT molecular complexity index is 610. The quantitative estimate of drug-likeness (QED) is 0.305. The minimum absolute atomic E-state index is 0.493. The topological polar surface area (TPSA) is 64.9 Å². The number of hydrazone groups is 1. The number of rotatable bonds is 5. The molecule has 0 amide bonds. The Hall–Kier alpha value is -0.700. The number of hydrogen-bond donors (Lipinski definition) is 2. The van der Waals surface area contributed by atoms with Crippen LogP contribution in [0.25, 0.3) is 0 Å². The van der Waals surface area contributed by atoms with Crippen LogP contribution in [0.4, 0.5) is 0 Å². The zero-order valence-electron chi connectivity index (χ0n) is 13.9. The van der Waals surface area contributed by atoms with Crippen molar-refractivity contribution >= 4 is 47.1 Å². The summed E-state index contributed by atoms with van der Waals surface area (Å²) in [6.07, 6.45) is 6.15. The summed E-state index contributed by atoms with van der Waals surface area (Å²) in [5, 5.41) is 9.87. The molecule has 0 aromatic heterocycles. The smallest absolute Gasteiger partial charge is 0.152 e. The number of hydrogen-bond acceptors (Lipinski definition) is 5. The zero-order valence-corrected chi connectivity index (χ0v) is 16.8. The van der Waals surface area contributed by atoms with Crippen LogP contribution >= 0.6 is 34.6 Å². The second kappa shape index (κ2) is 8.60. The molecule has 1 aliphatic heterocycles. The highest BCUT2D eigenvalue weighted by Gasteiger charge is 2.48. The Labute approximate surface area is 162 Å². The van der Waals surface area contributed by atoms with E-state index in [1.165, 1.54) is 31.5 Å². The van der Waals surface area contributed by atoms with E-state index in [1.807, 2.05) is 26.2 Å². The Kier molecular flexibility index (Phi) is 7.03. The third-order valence-electron chi connectivity index (χ3n) is 4.81. The third kappa shape index (κ3) is 4.28. The van der Waals surface area contributed by atoms with Gasteiger partial charge in [-0.3, -0.25) is 4.79 Å². The Morgan fingerprint density at radius 1 is 1.38 bits per heavy atom. The van der Waals surface area contributed by atoms with Crippen LogP contribution < -0.4 is 5.32 Å². The van der Waals surface area contributed by atoms with E-state index in [1.54, 1.807) is 11.2 Å². The van der Waals surface area contributed by atoms with E-state index in [4.69, 9.17) is 15.0 Å². The first kappa shape index (κ1) is 19.6. The van der Waals surface area contributed by atoms with E-state index >= 15 is 0 Å². The van der Waals surface area contributed by atoms with E-state index in [9.17, 15) is 4.79 Å². The minimum atomic E-state index is 0.493. The first-order valence-corrected chi connectivity index (χ1v) is 9.23. The van der Waals surface area contributed by atoms with Crippen LogP contribution in [0.3, 0.4) is 0 Å². The van der Waals surface area contributed by atoms with Gasteiger partial charge in [-0.1, -0.05) is 17.7 Å². The molecule has 1 aliphatic carbocycles. The number of carbonyl (C=O) groups is 1. The molecule has 5 nitrogen and oxygen atoms in total. The fraction of sp³-hybridized carbons (Fsp3) is 0.529. The van der Waals surface area contributed by atoms with E-state index in [2.05, 4.69) is 10.4 Å². The summed E-state index contributed by atoms with van der Waals surface area (Å²) >= 11 is 7.31. The van der Waals surface area contributed by atoms with Crippen LogP contribution in [0.2, 0.25) is 5.02 Å². The monoisotopic (exact) mass is 463 g/mol. The number of nitrogens with one attached hydrogen (secondary N) is 1. The molecule has 0 radical (unpaired) electrons. The molecule has 0 bridgehead atoms. The van der Waals surface area contributed by atoms with E-state index in [0.717, 1.165) is 41.3 Å². The van der Waals surface area contributed by atoms with Gasteiger partial charge < -0.3 is 13.8 Å². The average molecular weight is 464 g/mol. The Balaban J connectivity index is 0.00000100. The fourth-order valence-electron chi connectivity index (χ4n) is 3.67. The van der Waals surface area contributed by atoms with Crippen molar-refractivity contribution in [1.29, 1.82) is 0 Å². The van der Waals surface area contributed by atoms with Crippen molar-refractivity contribution in [2.75, 3.05) is 27.2 Å². The first-order valence-electron chi connectivity index (χ1n) is 7.88. The highest BCUT2D eigenvalue weighted by Crippen LogP contribution is 2.49. The standard InChI is InChI=1S/C17H22ClN3O.HIO/c1-21(2)20-8-14-13(3-4-16(18)15(14)9-22)5-12-6-17(7-12)10-19-11-17;1-2/h3-4,8-9,12,19H,5-7,10-11H2,1-2H3;2H/b20-8-;. The van der Waals surface area contributed by atoms with Crippen molar-refractivity contribution in [1.82, 2.24) is 10.3 Å². The minimum Gasteiger partial charge on any atom is -0.331 e. The molecule has 1 aromatic carbocycles. The van der Waals surface area contributed by atoms with E-state index in [0.29, 0.717) is 21.9 Å². The largest absolute Gasteiger partial charge is 0.331 e. The molecular formula is C17H23ClIN3O2. The molecule has 3 rings (SSSR count). The van der Waals surface area contributed by atoms with Crippen molar-refractivity contribution in [2.24, 2.45) is 16.4 Å². The summed E-state index contributed by atoms with van der Waals surface area (Å²) in [5.74, 6) is 0.703. The van der Waals surface area contributed by atoms with Gasteiger partial charge in [0.25, 0.3) is 0 Å². The first-order chi connectivity index (χ1) is 11.5. The highest BCUT2D eigenvalue weighted by molar-refractivity contribution is 14.1. The molecule has 24 heavy (non-hydrogen) atoms. The molecule has 1 aromatic rings. The van der Waals surface area contributed by atoms with Gasteiger partial charge in [-0.25, -0.2) is 0 Å². The van der Waals surface area contributed by atoms with Gasteiger partial charge in [-0.2, -0.15) is 5.10 Å². The number of carbonyl (C=O) groups excluding carboxylic acids is 1. The summed E-state index contributed by atoms with van der Waals surface area (Å²) in [6.45, 7) is 2.33. The van der Waals surface area contributed by atoms with Gasteiger partial charge in [0.2, 0.25) is 0 Å². The second-order valence-corrected chi connectivity index (χ2v) is 7.23. The van der Waals surface area contributed by atoms with Gasteiger partial charge >= 0.3 is 0 Å². The maximum Gasteiger partial charge on any atom is 0.152 e. The number of halogens is 2. The lowest BCUT2D eigenvalue weighted by atomic mass is 9.57. The molecule has 2 aliphatic rings. The Morgan fingerprint density at radius 2 is 2.04 bits per heavy atom. The van der Waals surface area contributed by atoms with Gasteiger partial charge in [0.1, 0.15) is 23.0 Å². The van der Waals surface area contributed by atoms with Gasteiger partial charge in [-0.05, 0) is 42.2 Å². The number of benzene rings is 1. The molecule has 0 unspecified atom stereocenters. The zero-order chi connectivity index (χ0) is 17.7. The third-order valence-corrected chi connectivity index (χ3v) is 5.14. The summed E-state index contributed by atoms with van der Waals surface area (Å²) in [4.78, 5) is 11.4. The van der Waals surface area contributed by atoms with Crippen LogP contribution in [-0.2, 0) is 6.42 Å². The van der Waals surface area contributed by atoms with Crippen LogP contribution in [0.1, 0.15) is 34.3 Å². The molecule has 1 saturated heterocycles. The second-order valence-electron chi connectivity index (χ2n) is 6.83. The van der Waals surface area contributed by atoms with Crippen LogP contribution in [0.5, 0.6) is 0 Å². The van der Waals surface area contributed by atoms with Crippen molar-refractivity contribution in [2.45, 2.75) is 19.3 Å². The maximum atomic E-state index is 11.4. The highest BCUT2D eigenvalue weighted by atomic mass is 127. The van der Waals surface area contributed by atoms with Gasteiger partial charge in [0.05, 0.1) is 11.2 Å². The van der Waals surface area contributed by atoms with Gasteiger partial charge in [-0.15, -0.1) is 0 Å². The van der Waals surface area contributed by atoms with E-state index in [-0.39, 0.29) is 0 Å². The van der Waals surface area contributed by atoms with Crippen molar-refractivity contribution in [3.05, 3.63) is 33.8 Å². The van der Waals surface area contributed by atoms with Crippen molar-refractivity contribution in [3.63, 3.8) is 0 Å². The molecular weight excluding hydrogens is 441 g/mol. The molecule has 1 spiro atoms. The molecule has 132 valence electrons. The average Bonchev–Trinajstić information content (AvgIpc) is 2.49. The van der Waals surface area contributed by atoms with Gasteiger partial charge in [0, 0.05) is 38.3 Å². The SMILES string of the molecule is CN(C)/N=C\c1c(CC2CC3(CNC3)C2)ccc(Cl)c1C=O.OI.